The summed E-state index contributed by atoms with van der Waals surface area (Å²) in [6.45, 7) is 0. The molecule has 0 fully saturated rings. The Hall–Kier alpha value is -1.81. The second-order valence-electron chi connectivity index (χ2n) is 5.89. The Morgan fingerprint density at radius 1 is 1.17 bits per heavy atom. The second-order valence-corrected chi connectivity index (χ2v) is 6.91. The van der Waals surface area contributed by atoms with Crippen LogP contribution in [-0.2, 0) is 17.6 Å². The molecule has 0 saturated heterocycles. The summed E-state index contributed by atoms with van der Waals surface area (Å²) in [6, 6.07) is 15.3. The largest absolute Gasteiger partial charge is 0.342 e. The Balaban J connectivity index is 1.59. The zero-order valence-electron chi connectivity index (χ0n) is 13.2. The number of benzene rings is 2. The molecule has 3 rings (SSSR count). The minimum Gasteiger partial charge on any atom is -0.342 e. The van der Waals surface area contributed by atoms with E-state index in [-0.39, 0.29) is 23.5 Å². The molecule has 0 saturated carbocycles. The van der Waals surface area contributed by atoms with Gasteiger partial charge in [0, 0.05) is 18.0 Å². The molecule has 4 heteroatoms. The van der Waals surface area contributed by atoms with Crippen LogP contribution in [0.4, 0.5) is 4.39 Å². The van der Waals surface area contributed by atoms with E-state index >= 15 is 0 Å². The van der Waals surface area contributed by atoms with Crippen molar-refractivity contribution in [3.63, 3.8) is 0 Å². The second kappa shape index (κ2) is 7.18. The molecule has 0 spiro atoms. The maximum Gasteiger partial charge on any atom is 0.232 e. The van der Waals surface area contributed by atoms with E-state index in [1.54, 1.807) is 18.2 Å². The first-order valence-electron chi connectivity index (χ1n) is 7.85. The Morgan fingerprint density at radius 2 is 1.87 bits per heavy atom. The highest BCUT2D eigenvalue weighted by molar-refractivity contribution is 8.00. The number of hydrogen-bond donors (Lipinski definition) is 0. The fraction of sp³-hybridized carbons (Fsp3) is 0.316. The highest BCUT2D eigenvalue weighted by Crippen LogP contribution is 2.26. The normalized spacial score (nSPS) is 16.7. The Kier molecular flexibility index (Phi) is 5.01. The minimum atomic E-state index is -0.264. The zero-order chi connectivity index (χ0) is 16.2. The van der Waals surface area contributed by atoms with E-state index in [9.17, 15) is 9.18 Å². The summed E-state index contributed by atoms with van der Waals surface area (Å²) in [5.74, 6) is 0.0671. The molecule has 0 aliphatic heterocycles. The number of carbonyl (C=O) groups excluding carboxylic acids is 1. The number of aryl methyl sites for hydroxylation is 1. The van der Waals surface area contributed by atoms with E-state index in [4.69, 9.17) is 0 Å². The fourth-order valence-electron chi connectivity index (χ4n) is 3.02. The predicted octanol–water partition coefficient (Wildman–Crippen LogP) is 3.93. The van der Waals surface area contributed by atoms with Crippen LogP contribution in [0.3, 0.4) is 0 Å². The Labute approximate surface area is 140 Å². The number of halogens is 1. The van der Waals surface area contributed by atoms with Gasteiger partial charge in [0.1, 0.15) is 5.82 Å². The molecule has 0 radical (unpaired) electrons. The van der Waals surface area contributed by atoms with Gasteiger partial charge in [-0.15, -0.1) is 11.8 Å². The van der Waals surface area contributed by atoms with Crippen molar-refractivity contribution < 1.29 is 9.18 Å². The Morgan fingerprint density at radius 3 is 2.65 bits per heavy atom. The zero-order valence-corrected chi connectivity index (χ0v) is 14.0. The number of hydrogen-bond acceptors (Lipinski definition) is 2. The van der Waals surface area contributed by atoms with Crippen LogP contribution in [0.5, 0.6) is 0 Å². The topological polar surface area (TPSA) is 20.3 Å². The van der Waals surface area contributed by atoms with Crippen molar-refractivity contribution in [3.8, 4) is 0 Å². The van der Waals surface area contributed by atoms with Gasteiger partial charge in [0.15, 0.2) is 0 Å². The van der Waals surface area contributed by atoms with E-state index in [1.807, 2.05) is 11.9 Å². The third-order valence-electron chi connectivity index (χ3n) is 4.45. The fourth-order valence-corrected chi connectivity index (χ4v) is 3.88. The highest BCUT2D eigenvalue weighted by Gasteiger charge is 2.24. The smallest absolute Gasteiger partial charge is 0.232 e. The van der Waals surface area contributed by atoms with E-state index in [1.165, 1.54) is 29.0 Å². The van der Waals surface area contributed by atoms with Crippen molar-refractivity contribution in [2.75, 3.05) is 12.8 Å². The summed E-state index contributed by atoms with van der Waals surface area (Å²) < 4.78 is 13.6. The van der Waals surface area contributed by atoms with Gasteiger partial charge < -0.3 is 4.90 Å². The van der Waals surface area contributed by atoms with Crippen molar-refractivity contribution in [2.45, 2.75) is 30.2 Å². The minimum absolute atomic E-state index is 0.0580. The third-order valence-corrected chi connectivity index (χ3v) is 5.48. The van der Waals surface area contributed by atoms with Gasteiger partial charge in [0.2, 0.25) is 5.91 Å². The summed E-state index contributed by atoms with van der Waals surface area (Å²) in [5.41, 5.74) is 2.73. The van der Waals surface area contributed by atoms with E-state index < -0.39 is 0 Å². The number of carbonyl (C=O) groups is 1. The van der Waals surface area contributed by atoms with Crippen molar-refractivity contribution >= 4 is 17.7 Å². The molecule has 0 N–H and O–H groups in total. The van der Waals surface area contributed by atoms with E-state index in [2.05, 4.69) is 24.3 Å². The summed E-state index contributed by atoms with van der Waals surface area (Å²) in [5, 5.41) is 0. The number of nitrogens with zero attached hydrogens (tertiary/aromatic N) is 1. The van der Waals surface area contributed by atoms with E-state index in [0.29, 0.717) is 4.90 Å². The first-order chi connectivity index (χ1) is 11.1. The molecule has 0 aromatic heterocycles. The van der Waals surface area contributed by atoms with Gasteiger partial charge in [0.05, 0.1) is 5.75 Å². The molecule has 1 atom stereocenters. The van der Waals surface area contributed by atoms with Crippen LogP contribution < -0.4 is 0 Å². The van der Waals surface area contributed by atoms with Gasteiger partial charge in [-0.05, 0) is 42.5 Å². The van der Waals surface area contributed by atoms with Crippen LogP contribution >= 0.6 is 11.8 Å². The van der Waals surface area contributed by atoms with Crippen LogP contribution in [-0.4, -0.2) is 29.6 Å². The van der Waals surface area contributed by atoms with Crippen molar-refractivity contribution in [1.29, 1.82) is 0 Å². The van der Waals surface area contributed by atoms with Gasteiger partial charge in [-0.1, -0.05) is 36.4 Å². The van der Waals surface area contributed by atoms with E-state index in [0.717, 1.165) is 19.3 Å². The maximum atomic E-state index is 13.6. The van der Waals surface area contributed by atoms with Gasteiger partial charge >= 0.3 is 0 Å². The molecular formula is C19H20FNOS. The van der Waals surface area contributed by atoms with Crippen LogP contribution in [0.2, 0.25) is 0 Å². The SMILES string of the molecule is CN(C(=O)CSc1ccccc1F)C1CCc2ccccc2C1. The average molecular weight is 329 g/mol. The van der Waals surface area contributed by atoms with Crippen LogP contribution in [0.15, 0.2) is 53.4 Å². The molecule has 2 nitrogen and oxygen atoms in total. The summed E-state index contributed by atoms with van der Waals surface area (Å²) in [7, 11) is 1.86. The van der Waals surface area contributed by atoms with Crippen molar-refractivity contribution in [1.82, 2.24) is 4.90 Å². The molecule has 120 valence electrons. The highest BCUT2D eigenvalue weighted by atomic mass is 32.2. The molecule has 0 bridgehead atoms. The quantitative estimate of drug-likeness (QED) is 0.792. The van der Waals surface area contributed by atoms with Crippen molar-refractivity contribution in [2.24, 2.45) is 0 Å². The summed E-state index contributed by atoms with van der Waals surface area (Å²) in [6.07, 6.45) is 2.91. The van der Waals surface area contributed by atoms with Gasteiger partial charge in [-0.2, -0.15) is 0 Å². The first kappa shape index (κ1) is 16.1. The molecule has 23 heavy (non-hydrogen) atoms. The molecule has 1 unspecified atom stereocenters. The van der Waals surface area contributed by atoms with Gasteiger partial charge in [0.25, 0.3) is 0 Å². The van der Waals surface area contributed by atoms with Crippen LogP contribution in [0.25, 0.3) is 0 Å². The lowest BCUT2D eigenvalue weighted by molar-refractivity contribution is -0.129. The average Bonchev–Trinajstić information content (AvgIpc) is 2.59. The lowest BCUT2D eigenvalue weighted by atomic mass is 9.88. The predicted molar refractivity (Wildman–Crippen MR) is 92.1 cm³/mol. The number of thioether (sulfide) groups is 1. The summed E-state index contributed by atoms with van der Waals surface area (Å²) >= 11 is 1.27. The first-order valence-corrected chi connectivity index (χ1v) is 8.83. The van der Waals surface area contributed by atoms with Crippen molar-refractivity contribution in [3.05, 3.63) is 65.5 Å². The number of amides is 1. The summed E-state index contributed by atoms with van der Waals surface area (Å²) in [4.78, 5) is 14.8. The molecule has 1 aliphatic rings. The monoisotopic (exact) mass is 329 g/mol. The molecule has 2 aromatic rings. The van der Waals surface area contributed by atoms with Gasteiger partial charge in [-0.25, -0.2) is 4.39 Å². The molecular weight excluding hydrogens is 309 g/mol. The lowest BCUT2D eigenvalue weighted by Gasteiger charge is -2.32. The number of fused-ring (bicyclic) bond motifs is 1. The molecule has 2 aromatic carbocycles. The lowest BCUT2D eigenvalue weighted by Crippen LogP contribution is -2.41. The van der Waals surface area contributed by atoms with Gasteiger partial charge in [-0.3, -0.25) is 4.79 Å². The Bertz CT molecular complexity index is 703. The van der Waals surface area contributed by atoms with Crippen LogP contribution in [0.1, 0.15) is 17.5 Å². The third kappa shape index (κ3) is 3.75. The molecule has 0 heterocycles. The number of likely N-dealkylation sites (N-methyl/N-ethyl adjacent to an activating group) is 1. The molecule has 1 aliphatic carbocycles. The van der Waals surface area contributed by atoms with Crippen LogP contribution in [0, 0.1) is 5.82 Å². The maximum absolute atomic E-state index is 13.6. The molecule has 1 amide bonds. The standard InChI is InChI=1S/C19H20FNOS/c1-21(16-11-10-14-6-2-3-7-15(14)12-16)19(22)13-23-18-9-5-4-8-17(18)20/h2-9,16H,10-13H2,1H3. The number of rotatable bonds is 4.